The molecule has 164 valence electrons. The number of hydrogen-bond acceptors (Lipinski definition) is 5. The van der Waals surface area contributed by atoms with E-state index in [2.05, 4.69) is 9.97 Å². The molecule has 0 amide bonds. The van der Waals surface area contributed by atoms with Crippen molar-refractivity contribution in [2.24, 2.45) is 0 Å². The molecule has 8 heteroatoms. The monoisotopic (exact) mass is 448 g/mol. The molecule has 2 heterocycles. The lowest BCUT2D eigenvalue weighted by atomic mass is 10.0. The van der Waals surface area contributed by atoms with Gasteiger partial charge in [0.2, 0.25) is 10.0 Å². The number of hydrogen-bond donors (Lipinski definition) is 1. The number of carbonyl (C=O) groups excluding carboxylic acids is 1. The topological polar surface area (TPSA) is 107 Å². The summed E-state index contributed by atoms with van der Waals surface area (Å²) < 4.78 is 27.3. The fraction of sp³-hybridized carbons (Fsp3) is 0.292. The molecule has 1 atom stereocenters. The SMILES string of the molecule is N#C[C@@H](C(=O)/C=C/c1ccc(S(=O)(=O)N2CCCCCC2)cc1)c1nc2ccccc2[nH]1. The lowest BCUT2D eigenvalue weighted by Crippen LogP contribution is -2.31. The smallest absolute Gasteiger partial charge is 0.243 e. The highest BCUT2D eigenvalue weighted by Gasteiger charge is 2.25. The van der Waals surface area contributed by atoms with Gasteiger partial charge in [-0.3, -0.25) is 4.79 Å². The lowest BCUT2D eigenvalue weighted by Gasteiger charge is -2.19. The number of rotatable bonds is 6. The Morgan fingerprint density at radius 3 is 2.41 bits per heavy atom. The second-order valence-corrected chi connectivity index (χ2v) is 9.76. The van der Waals surface area contributed by atoms with E-state index in [9.17, 15) is 18.5 Å². The van der Waals surface area contributed by atoms with Crippen LogP contribution in [0.1, 0.15) is 43.0 Å². The van der Waals surface area contributed by atoms with Gasteiger partial charge >= 0.3 is 0 Å². The van der Waals surface area contributed by atoms with E-state index in [0.717, 1.165) is 31.2 Å². The minimum atomic E-state index is -3.51. The Labute approximate surface area is 187 Å². The first-order valence-electron chi connectivity index (χ1n) is 10.7. The maximum atomic E-state index is 12.9. The van der Waals surface area contributed by atoms with Crippen molar-refractivity contribution in [1.29, 1.82) is 5.26 Å². The van der Waals surface area contributed by atoms with E-state index in [4.69, 9.17) is 0 Å². The summed E-state index contributed by atoms with van der Waals surface area (Å²) in [6.07, 6.45) is 6.79. The summed E-state index contributed by atoms with van der Waals surface area (Å²) >= 11 is 0. The number of aromatic nitrogens is 2. The molecular weight excluding hydrogens is 424 g/mol. The molecule has 1 aliphatic heterocycles. The maximum Gasteiger partial charge on any atom is 0.243 e. The summed E-state index contributed by atoms with van der Waals surface area (Å²) in [5.41, 5.74) is 2.14. The van der Waals surface area contributed by atoms with Crippen molar-refractivity contribution in [3.05, 3.63) is 66.0 Å². The lowest BCUT2D eigenvalue weighted by molar-refractivity contribution is -0.114. The Hall–Kier alpha value is -3.28. The normalized spacial score (nSPS) is 16.6. The van der Waals surface area contributed by atoms with Gasteiger partial charge in [0.05, 0.1) is 22.0 Å². The number of nitrogens with zero attached hydrogens (tertiary/aromatic N) is 3. The van der Waals surface area contributed by atoms with Crippen LogP contribution in [-0.4, -0.2) is 41.6 Å². The third-order valence-corrected chi connectivity index (χ3v) is 7.53. The van der Waals surface area contributed by atoms with Crippen LogP contribution in [0.3, 0.4) is 0 Å². The Kier molecular flexibility index (Phi) is 6.49. The molecule has 2 aromatic carbocycles. The third kappa shape index (κ3) is 4.64. The van der Waals surface area contributed by atoms with Crippen LogP contribution < -0.4 is 0 Å². The van der Waals surface area contributed by atoms with Crippen molar-refractivity contribution >= 4 is 32.9 Å². The summed E-state index contributed by atoms with van der Waals surface area (Å²) in [5.74, 6) is -1.13. The van der Waals surface area contributed by atoms with E-state index >= 15 is 0 Å². The van der Waals surface area contributed by atoms with Crippen LogP contribution >= 0.6 is 0 Å². The summed E-state index contributed by atoms with van der Waals surface area (Å²) in [6, 6.07) is 15.8. The molecule has 4 rings (SSSR count). The van der Waals surface area contributed by atoms with Gasteiger partial charge in [-0.2, -0.15) is 9.57 Å². The molecule has 7 nitrogen and oxygen atoms in total. The molecule has 1 N–H and O–H groups in total. The number of aromatic amines is 1. The van der Waals surface area contributed by atoms with E-state index in [1.54, 1.807) is 34.6 Å². The molecule has 0 radical (unpaired) electrons. The summed E-state index contributed by atoms with van der Waals surface area (Å²) in [4.78, 5) is 20.2. The van der Waals surface area contributed by atoms with Crippen molar-refractivity contribution < 1.29 is 13.2 Å². The average molecular weight is 449 g/mol. The van der Waals surface area contributed by atoms with Crippen LogP contribution in [0.15, 0.2) is 59.5 Å². The fourth-order valence-corrected chi connectivity index (χ4v) is 5.34. The van der Waals surface area contributed by atoms with Crippen molar-refractivity contribution in [3.8, 4) is 6.07 Å². The molecule has 0 unspecified atom stereocenters. The van der Waals surface area contributed by atoms with Crippen LogP contribution in [0.5, 0.6) is 0 Å². The molecule has 1 aromatic heterocycles. The summed E-state index contributed by atoms with van der Waals surface area (Å²) in [7, 11) is -3.51. The fourth-order valence-electron chi connectivity index (χ4n) is 3.83. The van der Waals surface area contributed by atoms with Gasteiger partial charge in [0.1, 0.15) is 5.82 Å². The van der Waals surface area contributed by atoms with Crippen molar-refractivity contribution in [1.82, 2.24) is 14.3 Å². The number of para-hydroxylation sites is 2. The van der Waals surface area contributed by atoms with E-state index in [1.807, 2.05) is 30.3 Å². The Bertz CT molecular complexity index is 1250. The number of H-pyrrole nitrogens is 1. The zero-order valence-corrected chi connectivity index (χ0v) is 18.4. The highest BCUT2D eigenvalue weighted by molar-refractivity contribution is 7.89. The molecule has 0 bridgehead atoms. The van der Waals surface area contributed by atoms with Crippen LogP contribution in [0.2, 0.25) is 0 Å². The largest absolute Gasteiger partial charge is 0.340 e. The second-order valence-electron chi connectivity index (χ2n) is 7.82. The highest BCUT2D eigenvalue weighted by Crippen LogP contribution is 2.22. The van der Waals surface area contributed by atoms with Crippen molar-refractivity contribution in [3.63, 3.8) is 0 Å². The Morgan fingerprint density at radius 2 is 1.75 bits per heavy atom. The number of benzene rings is 2. The van der Waals surface area contributed by atoms with Gasteiger partial charge in [-0.15, -0.1) is 0 Å². The first-order valence-corrected chi connectivity index (χ1v) is 12.1. The molecule has 1 saturated heterocycles. The number of nitrogens with one attached hydrogen (secondary N) is 1. The second kappa shape index (κ2) is 9.47. The molecule has 32 heavy (non-hydrogen) atoms. The highest BCUT2D eigenvalue weighted by atomic mass is 32.2. The third-order valence-electron chi connectivity index (χ3n) is 5.62. The number of allylic oxidation sites excluding steroid dienone is 1. The van der Waals surface area contributed by atoms with Gasteiger partial charge in [0.15, 0.2) is 11.7 Å². The van der Waals surface area contributed by atoms with Crippen LogP contribution in [0.4, 0.5) is 0 Å². The van der Waals surface area contributed by atoms with Gasteiger partial charge in [0.25, 0.3) is 0 Å². The van der Waals surface area contributed by atoms with E-state index in [-0.39, 0.29) is 4.90 Å². The minimum Gasteiger partial charge on any atom is -0.340 e. The number of nitriles is 1. The number of fused-ring (bicyclic) bond motifs is 1. The van der Waals surface area contributed by atoms with Gasteiger partial charge in [0, 0.05) is 13.1 Å². The van der Waals surface area contributed by atoms with Crippen LogP contribution in [0, 0.1) is 11.3 Å². The van der Waals surface area contributed by atoms with E-state index in [0.29, 0.717) is 30.0 Å². The number of carbonyl (C=O) groups is 1. The van der Waals surface area contributed by atoms with Crippen LogP contribution in [0.25, 0.3) is 17.1 Å². The molecule has 0 aliphatic carbocycles. The Morgan fingerprint density at radius 1 is 1.06 bits per heavy atom. The number of imidazole rings is 1. The van der Waals surface area contributed by atoms with E-state index < -0.39 is 21.7 Å². The van der Waals surface area contributed by atoms with Gasteiger partial charge in [-0.25, -0.2) is 13.4 Å². The van der Waals surface area contributed by atoms with Crippen LogP contribution in [-0.2, 0) is 14.8 Å². The predicted molar refractivity (Wildman–Crippen MR) is 122 cm³/mol. The first-order chi connectivity index (χ1) is 15.5. The van der Waals surface area contributed by atoms with Gasteiger partial charge < -0.3 is 4.98 Å². The molecule has 0 spiro atoms. The minimum absolute atomic E-state index is 0.250. The number of ketones is 1. The summed E-state index contributed by atoms with van der Waals surface area (Å²) in [6.45, 7) is 1.10. The number of sulfonamides is 1. The molecular formula is C24H24N4O3S. The molecule has 3 aromatic rings. The van der Waals surface area contributed by atoms with E-state index in [1.165, 1.54) is 6.08 Å². The molecule has 1 fully saturated rings. The zero-order valence-electron chi connectivity index (χ0n) is 17.6. The first kappa shape index (κ1) is 21.9. The van der Waals surface area contributed by atoms with Crippen molar-refractivity contribution in [2.75, 3.05) is 13.1 Å². The van der Waals surface area contributed by atoms with Gasteiger partial charge in [-0.05, 0) is 48.7 Å². The standard InChI is InChI=1S/C24H24N4O3S/c25-17-20(24-26-21-7-3-4-8-22(21)27-24)23(29)14-11-18-9-12-19(13-10-18)32(30,31)28-15-5-1-2-6-16-28/h3-4,7-14,20H,1-2,5-6,15-16H2,(H,26,27)/b14-11+/t20-/m0/s1. The Balaban J connectivity index is 1.48. The predicted octanol–water partition coefficient (Wildman–Crippen LogP) is 4.02. The van der Waals surface area contributed by atoms with Gasteiger partial charge in [-0.1, -0.05) is 43.2 Å². The maximum absolute atomic E-state index is 12.9. The quantitative estimate of drug-likeness (QED) is 0.573. The zero-order chi connectivity index (χ0) is 22.6. The average Bonchev–Trinajstić information content (AvgIpc) is 3.02. The molecule has 0 saturated carbocycles. The summed E-state index contributed by atoms with van der Waals surface area (Å²) in [5, 5.41) is 9.51. The molecule has 1 aliphatic rings. The van der Waals surface area contributed by atoms with Crippen molar-refractivity contribution in [2.45, 2.75) is 36.5 Å².